The highest BCUT2D eigenvalue weighted by Gasteiger charge is 2.37. The van der Waals surface area contributed by atoms with Crippen molar-refractivity contribution in [3.8, 4) is 0 Å². The number of hydrogen-bond donors (Lipinski definition) is 0. The van der Waals surface area contributed by atoms with Crippen molar-refractivity contribution < 1.29 is 19.1 Å². The van der Waals surface area contributed by atoms with Gasteiger partial charge in [-0.2, -0.15) is 0 Å². The van der Waals surface area contributed by atoms with Crippen molar-refractivity contribution >= 4 is 12.5 Å². The minimum atomic E-state index is -0.439. The van der Waals surface area contributed by atoms with E-state index in [0.29, 0.717) is 18.6 Å². The molecule has 2 amide bonds. The Morgan fingerprint density at radius 2 is 1.76 bits per heavy atom. The van der Waals surface area contributed by atoms with Gasteiger partial charge in [-0.3, -0.25) is 4.79 Å². The highest BCUT2D eigenvalue weighted by atomic mass is 16.6. The predicted octanol–water partition coefficient (Wildman–Crippen LogP) is 4.09. The highest BCUT2D eigenvalue weighted by molar-refractivity contribution is 5.69. The van der Waals surface area contributed by atoms with Crippen LogP contribution in [0.1, 0.15) is 52.0 Å². The molecule has 1 unspecified atom stereocenters. The topological polar surface area (TPSA) is 59.1 Å². The summed E-state index contributed by atoms with van der Waals surface area (Å²) in [6.07, 6.45) is 4.84. The molecule has 2 saturated heterocycles. The van der Waals surface area contributed by atoms with Gasteiger partial charge in [-0.15, -0.1) is 0 Å². The molecule has 2 aliphatic rings. The van der Waals surface area contributed by atoms with E-state index in [0.717, 1.165) is 51.7 Å². The van der Waals surface area contributed by atoms with E-state index in [1.165, 1.54) is 5.56 Å². The van der Waals surface area contributed by atoms with Gasteiger partial charge < -0.3 is 19.3 Å². The molecule has 0 spiro atoms. The van der Waals surface area contributed by atoms with Crippen molar-refractivity contribution in [2.24, 2.45) is 5.92 Å². The van der Waals surface area contributed by atoms with Gasteiger partial charge in [-0.25, -0.2) is 4.79 Å². The standard InChI is InChI=1S/C15H26N2O3.C8H10O/c1-15(2,3)20-14(19)17-8-4-5-13(17)12-6-9-16(11-18)10-7-12;1-9-7-8-5-3-2-4-6-8/h11-13H,4-10H2,1-3H3;2-6H,7H2,1H3. The monoisotopic (exact) mass is 404 g/mol. The maximum atomic E-state index is 12.3. The first-order valence-corrected chi connectivity index (χ1v) is 10.6. The number of methoxy groups -OCH3 is 1. The van der Waals surface area contributed by atoms with E-state index in [9.17, 15) is 9.59 Å². The molecule has 0 radical (unpaired) electrons. The summed E-state index contributed by atoms with van der Waals surface area (Å²) in [6.45, 7) is 8.84. The van der Waals surface area contributed by atoms with E-state index in [4.69, 9.17) is 9.47 Å². The Balaban J connectivity index is 0.000000278. The summed E-state index contributed by atoms with van der Waals surface area (Å²) < 4.78 is 10.4. The van der Waals surface area contributed by atoms with E-state index in [1.807, 2.05) is 60.9 Å². The zero-order valence-corrected chi connectivity index (χ0v) is 18.3. The summed E-state index contributed by atoms with van der Waals surface area (Å²) in [6, 6.07) is 10.4. The van der Waals surface area contributed by atoms with Gasteiger partial charge >= 0.3 is 6.09 Å². The number of hydrogen-bond acceptors (Lipinski definition) is 4. The van der Waals surface area contributed by atoms with Crippen LogP contribution in [0.15, 0.2) is 30.3 Å². The average molecular weight is 405 g/mol. The second-order valence-corrected chi connectivity index (χ2v) is 8.78. The van der Waals surface area contributed by atoms with E-state index in [2.05, 4.69) is 0 Å². The lowest BCUT2D eigenvalue weighted by Gasteiger charge is -2.37. The number of rotatable bonds is 4. The normalized spacial score (nSPS) is 20.1. The van der Waals surface area contributed by atoms with Crippen LogP contribution in [0.5, 0.6) is 0 Å². The van der Waals surface area contributed by atoms with Crippen LogP contribution in [0, 0.1) is 5.92 Å². The van der Waals surface area contributed by atoms with Crippen molar-refractivity contribution in [1.29, 1.82) is 0 Å². The Morgan fingerprint density at radius 1 is 1.10 bits per heavy atom. The maximum Gasteiger partial charge on any atom is 0.410 e. The van der Waals surface area contributed by atoms with Gasteiger partial charge in [0.25, 0.3) is 0 Å². The molecule has 0 N–H and O–H groups in total. The fourth-order valence-electron chi connectivity index (χ4n) is 3.98. The first-order valence-electron chi connectivity index (χ1n) is 10.6. The van der Waals surface area contributed by atoms with Gasteiger partial charge in [0.15, 0.2) is 0 Å². The zero-order chi connectivity index (χ0) is 21.3. The molecule has 0 saturated carbocycles. The number of benzene rings is 1. The number of nitrogens with zero attached hydrogens (tertiary/aromatic N) is 2. The summed E-state index contributed by atoms with van der Waals surface area (Å²) in [5.41, 5.74) is 0.783. The van der Waals surface area contributed by atoms with Crippen LogP contribution in [0.2, 0.25) is 0 Å². The molecule has 2 aliphatic heterocycles. The summed E-state index contributed by atoms with van der Waals surface area (Å²) >= 11 is 0. The lowest BCUT2D eigenvalue weighted by Crippen LogP contribution is -2.46. The van der Waals surface area contributed by atoms with Crippen molar-refractivity contribution in [3.05, 3.63) is 35.9 Å². The number of carbonyl (C=O) groups excluding carboxylic acids is 2. The van der Waals surface area contributed by atoms with Crippen molar-refractivity contribution in [2.45, 2.75) is 64.7 Å². The summed E-state index contributed by atoms with van der Waals surface area (Å²) in [5.74, 6) is 0.501. The van der Waals surface area contributed by atoms with Crippen LogP contribution >= 0.6 is 0 Å². The van der Waals surface area contributed by atoms with Gasteiger partial charge in [0.2, 0.25) is 6.41 Å². The lowest BCUT2D eigenvalue weighted by atomic mass is 9.88. The Morgan fingerprint density at radius 3 is 2.31 bits per heavy atom. The Bertz CT molecular complexity index is 622. The minimum Gasteiger partial charge on any atom is -0.444 e. The summed E-state index contributed by atoms with van der Waals surface area (Å²) in [5, 5.41) is 0. The maximum absolute atomic E-state index is 12.3. The first-order chi connectivity index (χ1) is 13.8. The fourth-order valence-corrected chi connectivity index (χ4v) is 3.98. The molecular formula is C23H36N2O4. The number of likely N-dealkylation sites (tertiary alicyclic amines) is 2. The summed E-state index contributed by atoms with van der Waals surface area (Å²) in [7, 11) is 1.70. The number of piperidine rings is 1. The molecule has 6 nitrogen and oxygen atoms in total. The SMILES string of the molecule is CC(C)(C)OC(=O)N1CCCC1C1CCN(C=O)CC1.COCc1ccccc1. The van der Waals surface area contributed by atoms with Crippen LogP contribution in [0.25, 0.3) is 0 Å². The Hall–Kier alpha value is -2.08. The van der Waals surface area contributed by atoms with Gasteiger partial charge in [0, 0.05) is 32.8 Å². The van der Waals surface area contributed by atoms with Gasteiger partial charge in [0.1, 0.15) is 5.60 Å². The largest absolute Gasteiger partial charge is 0.444 e. The highest BCUT2D eigenvalue weighted by Crippen LogP contribution is 2.31. The number of carbonyl (C=O) groups is 2. The van der Waals surface area contributed by atoms with Crippen molar-refractivity contribution in [2.75, 3.05) is 26.7 Å². The predicted molar refractivity (Wildman–Crippen MR) is 113 cm³/mol. The Kier molecular flexibility index (Phi) is 8.96. The van der Waals surface area contributed by atoms with Crippen LogP contribution in [-0.2, 0) is 20.9 Å². The van der Waals surface area contributed by atoms with Crippen LogP contribution in [0.3, 0.4) is 0 Å². The second-order valence-electron chi connectivity index (χ2n) is 8.78. The molecular weight excluding hydrogens is 368 g/mol. The number of ether oxygens (including phenoxy) is 2. The first kappa shape index (κ1) is 23.2. The molecule has 2 heterocycles. The van der Waals surface area contributed by atoms with E-state index in [1.54, 1.807) is 7.11 Å². The smallest absolute Gasteiger partial charge is 0.410 e. The zero-order valence-electron chi connectivity index (χ0n) is 18.3. The molecule has 3 rings (SSSR count). The van der Waals surface area contributed by atoms with Gasteiger partial charge in [0.05, 0.1) is 6.61 Å². The van der Waals surface area contributed by atoms with Crippen LogP contribution in [0.4, 0.5) is 4.79 Å². The van der Waals surface area contributed by atoms with Crippen LogP contribution in [-0.4, -0.2) is 60.7 Å². The molecule has 162 valence electrons. The molecule has 1 aromatic carbocycles. The number of amides is 2. The molecule has 1 atom stereocenters. The second kappa shape index (κ2) is 11.2. The van der Waals surface area contributed by atoms with E-state index in [-0.39, 0.29) is 6.09 Å². The van der Waals surface area contributed by atoms with E-state index < -0.39 is 5.60 Å². The molecule has 2 fully saturated rings. The lowest BCUT2D eigenvalue weighted by molar-refractivity contribution is -0.119. The molecule has 6 heteroatoms. The molecule has 0 aromatic heterocycles. The molecule has 1 aromatic rings. The van der Waals surface area contributed by atoms with Crippen molar-refractivity contribution in [1.82, 2.24) is 9.80 Å². The third-order valence-electron chi connectivity index (χ3n) is 5.35. The molecule has 0 aliphatic carbocycles. The van der Waals surface area contributed by atoms with Gasteiger partial charge in [-0.1, -0.05) is 30.3 Å². The van der Waals surface area contributed by atoms with Crippen LogP contribution < -0.4 is 0 Å². The molecule has 29 heavy (non-hydrogen) atoms. The third kappa shape index (κ3) is 7.69. The average Bonchev–Trinajstić information content (AvgIpc) is 3.18. The Labute approximate surface area is 175 Å². The van der Waals surface area contributed by atoms with Crippen molar-refractivity contribution in [3.63, 3.8) is 0 Å². The molecule has 0 bridgehead atoms. The minimum absolute atomic E-state index is 0.183. The van der Waals surface area contributed by atoms with Gasteiger partial charge in [-0.05, 0) is 57.9 Å². The fraction of sp³-hybridized carbons (Fsp3) is 0.652. The third-order valence-corrected chi connectivity index (χ3v) is 5.35. The summed E-state index contributed by atoms with van der Waals surface area (Å²) in [4.78, 5) is 26.8. The quantitative estimate of drug-likeness (QED) is 0.710. The van der Waals surface area contributed by atoms with E-state index >= 15 is 0 Å².